The van der Waals surface area contributed by atoms with Gasteiger partial charge in [0.1, 0.15) is 6.61 Å². The highest BCUT2D eigenvalue weighted by molar-refractivity contribution is 6.32. The molecular weight excluding hydrogens is 362 g/mol. The first-order valence-electron chi connectivity index (χ1n) is 8.19. The molecule has 1 aromatic heterocycles. The average molecular weight is 380 g/mol. The van der Waals surface area contributed by atoms with E-state index in [1.165, 1.54) is 6.26 Å². The minimum atomic E-state index is -0.437. The summed E-state index contributed by atoms with van der Waals surface area (Å²) in [6.45, 7) is 1.30. The van der Waals surface area contributed by atoms with Gasteiger partial charge in [0.25, 0.3) is 5.91 Å². The molecule has 138 valence electrons. The third kappa shape index (κ3) is 4.70. The topological polar surface area (TPSA) is 87.0 Å². The molecule has 0 unspecified atom stereocenters. The Kier molecular flexibility index (Phi) is 6.01. The summed E-state index contributed by atoms with van der Waals surface area (Å²) in [7, 11) is 0. The Morgan fingerprint density at radius 3 is 2.88 bits per heavy atom. The maximum Gasteiger partial charge on any atom is 0.307 e. The summed E-state index contributed by atoms with van der Waals surface area (Å²) in [6.07, 6.45) is 2.23. The van der Waals surface area contributed by atoms with Gasteiger partial charge in [-0.25, -0.2) is 0 Å². The number of furan rings is 1. The Hall–Kier alpha value is -2.67. The lowest BCUT2D eigenvalue weighted by atomic mass is 10.2. The minimum absolute atomic E-state index is 0.0464. The standard InChI is InChI=1S/C18H18ClNO6/c19-13-9-12(10-15-17(13)25-8-2-7-24-15)11-26-16(21)4-5-20-18(22)14-3-1-6-23-14/h1,3,6,9-10H,2,4-5,7-8,11H2,(H,20,22). The quantitative estimate of drug-likeness (QED) is 0.776. The highest BCUT2D eigenvalue weighted by Gasteiger charge is 2.16. The first kappa shape index (κ1) is 18.1. The monoisotopic (exact) mass is 379 g/mol. The van der Waals surface area contributed by atoms with Crippen LogP contribution in [0.3, 0.4) is 0 Å². The number of carbonyl (C=O) groups is 2. The van der Waals surface area contributed by atoms with Gasteiger partial charge in [-0.05, 0) is 29.8 Å². The van der Waals surface area contributed by atoms with Crippen LogP contribution >= 0.6 is 11.6 Å². The predicted molar refractivity (Wildman–Crippen MR) is 92.5 cm³/mol. The van der Waals surface area contributed by atoms with Crippen molar-refractivity contribution in [2.45, 2.75) is 19.4 Å². The zero-order valence-electron chi connectivity index (χ0n) is 14.0. The van der Waals surface area contributed by atoms with E-state index in [2.05, 4.69) is 5.32 Å². The first-order chi connectivity index (χ1) is 12.6. The number of amides is 1. The Morgan fingerprint density at radius 1 is 1.23 bits per heavy atom. The van der Waals surface area contributed by atoms with Crippen molar-refractivity contribution in [3.8, 4) is 11.5 Å². The van der Waals surface area contributed by atoms with Crippen LogP contribution in [0.25, 0.3) is 0 Å². The van der Waals surface area contributed by atoms with Gasteiger partial charge in [-0.3, -0.25) is 9.59 Å². The SMILES string of the molecule is O=C(CCNC(=O)c1ccco1)OCc1cc(Cl)c2c(c1)OCCCO2. The van der Waals surface area contributed by atoms with E-state index in [1.54, 1.807) is 24.3 Å². The summed E-state index contributed by atoms with van der Waals surface area (Å²) in [5, 5.41) is 3.00. The van der Waals surface area contributed by atoms with Crippen LogP contribution in [0, 0.1) is 0 Å². The Morgan fingerprint density at radius 2 is 2.08 bits per heavy atom. The van der Waals surface area contributed by atoms with Crippen LogP contribution in [0.15, 0.2) is 34.9 Å². The van der Waals surface area contributed by atoms with Gasteiger partial charge in [-0.2, -0.15) is 0 Å². The van der Waals surface area contributed by atoms with Crippen LogP contribution in [-0.4, -0.2) is 31.6 Å². The second-order valence-corrected chi connectivity index (χ2v) is 6.01. The molecule has 0 aliphatic carbocycles. The molecule has 1 amide bonds. The number of rotatable bonds is 6. The molecule has 2 heterocycles. The van der Waals surface area contributed by atoms with Crippen LogP contribution < -0.4 is 14.8 Å². The van der Waals surface area contributed by atoms with Crippen molar-refractivity contribution in [1.82, 2.24) is 5.32 Å². The van der Waals surface area contributed by atoms with E-state index in [0.717, 1.165) is 6.42 Å². The molecule has 0 saturated heterocycles. The molecule has 2 aromatic rings. The van der Waals surface area contributed by atoms with Crippen molar-refractivity contribution in [2.24, 2.45) is 0 Å². The van der Waals surface area contributed by atoms with Crippen LogP contribution in [0.2, 0.25) is 5.02 Å². The summed E-state index contributed by atoms with van der Waals surface area (Å²) in [4.78, 5) is 23.5. The van der Waals surface area contributed by atoms with Gasteiger partial charge in [-0.1, -0.05) is 11.6 Å². The third-order valence-electron chi connectivity index (χ3n) is 3.62. The smallest absolute Gasteiger partial charge is 0.307 e. The van der Waals surface area contributed by atoms with Crippen molar-refractivity contribution in [2.75, 3.05) is 19.8 Å². The largest absolute Gasteiger partial charge is 0.489 e. The van der Waals surface area contributed by atoms with Crippen LogP contribution in [-0.2, 0) is 16.1 Å². The van der Waals surface area contributed by atoms with E-state index >= 15 is 0 Å². The van der Waals surface area contributed by atoms with Crippen LogP contribution in [0.1, 0.15) is 29.0 Å². The highest BCUT2D eigenvalue weighted by Crippen LogP contribution is 2.38. The summed E-state index contributed by atoms with van der Waals surface area (Å²) >= 11 is 6.20. The highest BCUT2D eigenvalue weighted by atomic mass is 35.5. The molecule has 0 bridgehead atoms. The predicted octanol–water partition coefficient (Wildman–Crippen LogP) is 2.96. The molecular formula is C18H18ClNO6. The minimum Gasteiger partial charge on any atom is -0.489 e. The van der Waals surface area contributed by atoms with Gasteiger partial charge >= 0.3 is 5.97 Å². The van der Waals surface area contributed by atoms with E-state index < -0.39 is 5.97 Å². The van der Waals surface area contributed by atoms with Gasteiger partial charge < -0.3 is 23.9 Å². The van der Waals surface area contributed by atoms with Gasteiger partial charge in [-0.15, -0.1) is 0 Å². The fraction of sp³-hybridized carbons (Fsp3) is 0.333. The maximum atomic E-state index is 11.8. The number of hydrogen-bond acceptors (Lipinski definition) is 6. The summed E-state index contributed by atoms with van der Waals surface area (Å²) < 4.78 is 21.3. The Bertz CT molecular complexity index is 774. The van der Waals surface area contributed by atoms with Gasteiger partial charge in [0.2, 0.25) is 0 Å². The molecule has 26 heavy (non-hydrogen) atoms. The lowest BCUT2D eigenvalue weighted by molar-refractivity contribution is -0.144. The number of benzene rings is 1. The van der Waals surface area contributed by atoms with Gasteiger partial charge in [0.05, 0.1) is 30.9 Å². The summed E-state index contributed by atoms with van der Waals surface area (Å²) in [5.74, 6) is 0.442. The number of hydrogen-bond donors (Lipinski definition) is 1. The molecule has 0 fully saturated rings. The Labute approximate surface area is 155 Å². The molecule has 1 aromatic carbocycles. The number of nitrogens with one attached hydrogen (secondary N) is 1. The lowest BCUT2D eigenvalue weighted by Crippen LogP contribution is -2.26. The fourth-order valence-electron chi connectivity index (χ4n) is 2.38. The molecule has 1 aliphatic rings. The zero-order valence-corrected chi connectivity index (χ0v) is 14.7. The molecule has 1 N–H and O–H groups in total. The number of carbonyl (C=O) groups excluding carboxylic acids is 2. The van der Waals surface area contributed by atoms with Crippen molar-refractivity contribution in [3.63, 3.8) is 0 Å². The van der Waals surface area contributed by atoms with E-state index in [0.29, 0.717) is 35.3 Å². The summed E-state index contributed by atoms with van der Waals surface area (Å²) in [5.41, 5.74) is 0.701. The number of ether oxygens (including phenoxy) is 3. The molecule has 7 nitrogen and oxygen atoms in total. The molecule has 0 atom stereocenters. The second kappa shape index (κ2) is 8.62. The molecule has 0 saturated carbocycles. The van der Waals surface area contributed by atoms with Crippen molar-refractivity contribution >= 4 is 23.5 Å². The molecule has 8 heteroatoms. The zero-order chi connectivity index (χ0) is 18.4. The molecule has 0 spiro atoms. The molecule has 3 rings (SSSR count). The normalized spacial score (nSPS) is 13.0. The van der Waals surface area contributed by atoms with E-state index in [4.69, 9.17) is 30.2 Å². The van der Waals surface area contributed by atoms with Crippen molar-refractivity contribution in [1.29, 1.82) is 0 Å². The van der Waals surface area contributed by atoms with Crippen molar-refractivity contribution < 1.29 is 28.2 Å². The van der Waals surface area contributed by atoms with Crippen molar-refractivity contribution in [3.05, 3.63) is 46.9 Å². The lowest BCUT2D eigenvalue weighted by Gasteiger charge is -2.12. The third-order valence-corrected chi connectivity index (χ3v) is 3.90. The maximum absolute atomic E-state index is 11.8. The average Bonchev–Trinajstić information content (AvgIpc) is 3.06. The number of esters is 1. The Balaban J connectivity index is 1.46. The second-order valence-electron chi connectivity index (χ2n) is 5.60. The van der Waals surface area contributed by atoms with E-state index in [1.807, 2.05) is 0 Å². The molecule has 1 aliphatic heterocycles. The first-order valence-corrected chi connectivity index (χ1v) is 8.56. The van der Waals surface area contributed by atoms with E-state index in [9.17, 15) is 9.59 Å². The number of halogens is 1. The van der Waals surface area contributed by atoms with Gasteiger partial charge in [0, 0.05) is 13.0 Å². The summed E-state index contributed by atoms with van der Waals surface area (Å²) in [6, 6.07) is 6.59. The fourth-order valence-corrected chi connectivity index (χ4v) is 2.66. The van der Waals surface area contributed by atoms with Crippen LogP contribution in [0.5, 0.6) is 11.5 Å². The van der Waals surface area contributed by atoms with E-state index in [-0.39, 0.29) is 31.2 Å². The van der Waals surface area contributed by atoms with Crippen LogP contribution in [0.4, 0.5) is 0 Å². The molecule has 0 radical (unpaired) electrons. The number of fused-ring (bicyclic) bond motifs is 1. The van der Waals surface area contributed by atoms with Gasteiger partial charge in [0.15, 0.2) is 17.3 Å².